The van der Waals surface area contributed by atoms with Crippen molar-refractivity contribution in [2.45, 2.75) is 44.3 Å². The lowest BCUT2D eigenvalue weighted by Crippen LogP contribution is -2.33. The van der Waals surface area contributed by atoms with Crippen molar-refractivity contribution in [2.75, 3.05) is 16.0 Å². The summed E-state index contributed by atoms with van der Waals surface area (Å²) < 4.78 is 1.60. The van der Waals surface area contributed by atoms with Gasteiger partial charge in [0.2, 0.25) is 0 Å². The van der Waals surface area contributed by atoms with E-state index in [2.05, 4.69) is 38.1 Å². The van der Waals surface area contributed by atoms with Crippen LogP contribution in [0.1, 0.15) is 41.7 Å². The number of imidazole rings is 1. The molecule has 1 aromatic carbocycles. The molecule has 1 fully saturated rings. The number of nitrogens with zero attached hydrogens (tertiary/aromatic N) is 4. The number of hydrogen-bond acceptors (Lipinski definition) is 7. The molecule has 0 radical (unpaired) electrons. The van der Waals surface area contributed by atoms with Gasteiger partial charge < -0.3 is 21.7 Å². The number of pyridine rings is 1. The summed E-state index contributed by atoms with van der Waals surface area (Å²) in [6, 6.07) is 16.2. The fourth-order valence-electron chi connectivity index (χ4n) is 4.22. The SMILES string of the molecule is NC1CCC(Nc2cc(NCc3ccccc3)c3ncc(C(=O)Nc4ccncc4)n3n2)CC1. The van der Waals surface area contributed by atoms with E-state index in [9.17, 15) is 4.79 Å². The molecule has 5 rings (SSSR count). The quantitative estimate of drug-likeness (QED) is 0.335. The highest BCUT2D eigenvalue weighted by atomic mass is 16.2. The summed E-state index contributed by atoms with van der Waals surface area (Å²) in [6.45, 7) is 0.629. The summed E-state index contributed by atoms with van der Waals surface area (Å²) in [5.74, 6) is 0.403. The molecule has 0 spiro atoms. The molecule has 5 N–H and O–H groups in total. The maximum absolute atomic E-state index is 13.0. The predicted octanol–water partition coefficient (Wildman–Crippen LogP) is 3.67. The van der Waals surface area contributed by atoms with Crippen LogP contribution in [0.25, 0.3) is 5.65 Å². The zero-order valence-electron chi connectivity index (χ0n) is 18.8. The largest absolute Gasteiger partial charge is 0.378 e. The molecule has 9 heteroatoms. The molecule has 34 heavy (non-hydrogen) atoms. The maximum atomic E-state index is 13.0. The Morgan fingerprint density at radius 1 is 1.06 bits per heavy atom. The van der Waals surface area contributed by atoms with Gasteiger partial charge in [-0.25, -0.2) is 9.50 Å². The van der Waals surface area contributed by atoms with Gasteiger partial charge in [0.15, 0.2) is 11.3 Å². The standard InChI is InChI=1S/C25H28N8O/c26-18-6-8-19(9-7-18)30-23-14-21(28-15-17-4-2-1-3-5-17)24-29-16-22(33(24)32-23)25(34)31-20-10-12-27-13-11-20/h1-5,10-14,16,18-19,28H,6-9,15,26H2,(H,30,32)(H,27,31,34). The Morgan fingerprint density at radius 2 is 1.82 bits per heavy atom. The lowest BCUT2D eigenvalue weighted by atomic mass is 9.92. The first kappa shape index (κ1) is 21.8. The van der Waals surface area contributed by atoms with Gasteiger partial charge in [0.05, 0.1) is 11.9 Å². The van der Waals surface area contributed by atoms with Crippen LogP contribution >= 0.6 is 0 Å². The number of nitrogens with two attached hydrogens (primary N) is 1. The Hall–Kier alpha value is -3.98. The van der Waals surface area contributed by atoms with Crippen LogP contribution in [0.15, 0.2) is 67.1 Å². The predicted molar refractivity (Wildman–Crippen MR) is 133 cm³/mol. The first-order valence-corrected chi connectivity index (χ1v) is 11.6. The molecule has 9 nitrogen and oxygen atoms in total. The number of fused-ring (bicyclic) bond motifs is 1. The summed E-state index contributed by atoms with van der Waals surface area (Å²) in [6.07, 6.45) is 8.78. The first-order valence-electron chi connectivity index (χ1n) is 11.6. The number of carbonyl (C=O) groups excluding carboxylic acids is 1. The second-order valence-corrected chi connectivity index (χ2v) is 8.61. The van der Waals surface area contributed by atoms with E-state index in [1.165, 1.54) is 0 Å². The minimum Gasteiger partial charge on any atom is -0.378 e. The molecular weight excluding hydrogens is 428 g/mol. The summed E-state index contributed by atoms with van der Waals surface area (Å²) >= 11 is 0. The Bertz CT molecular complexity index is 1250. The van der Waals surface area contributed by atoms with E-state index in [0.717, 1.165) is 36.9 Å². The van der Waals surface area contributed by atoms with Crippen molar-refractivity contribution in [2.24, 2.45) is 5.73 Å². The Labute approximate surface area is 197 Å². The average Bonchev–Trinajstić information content (AvgIpc) is 3.29. The fraction of sp³-hybridized carbons (Fsp3) is 0.280. The second kappa shape index (κ2) is 9.88. The van der Waals surface area contributed by atoms with Crippen molar-refractivity contribution in [1.29, 1.82) is 0 Å². The Balaban J connectivity index is 1.45. The van der Waals surface area contributed by atoms with Gasteiger partial charge in [0.1, 0.15) is 5.82 Å². The van der Waals surface area contributed by atoms with Gasteiger partial charge in [0.25, 0.3) is 5.91 Å². The number of rotatable bonds is 7. The van der Waals surface area contributed by atoms with Gasteiger partial charge in [-0.15, -0.1) is 5.10 Å². The summed E-state index contributed by atoms with van der Waals surface area (Å²) in [7, 11) is 0. The summed E-state index contributed by atoms with van der Waals surface area (Å²) in [5.41, 5.74) is 9.62. The van der Waals surface area contributed by atoms with Crippen molar-refractivity contribution < 1.29 is 4.79 Å². The van der Waals surface area contributed by atoms with E-state index >= 15 is 0 Å². The smallest absolute Gasteiger partial charge is 0.276 e. The van der Waals surface area contributed by atoms with E-state index < -0.39 is 0 Å². The molecule has 3 heterocycles. The number of aromatic nitrogens is 4. The van der Waals surface area contributed by atoms with Gasteiger partial charge in [-0.05, 0) is 43.4 Å². The molecule has 174 valence electrons. The summed E-state index contributed by atoms with van der Waals surface area (Å²) in [4.78, 5) is 21.5. The van der Waals surface area contributed by atoms with Crippen molar-refractivity contribution >= 4 is 28.7 Å². The van der Waals surface area contributed by atoms with Crippen molar-refractivity contribution in [1.82, 2.24) is 19.6 Å². The van der Waals surface area contributed by atoms with Crippen molar-refractivity contribution in [3.8, 4) is 0 Å². The van der Waals surface area contributed by atoms with Crippen molar-refractivity contribution in [3.05, 3.63) is 78.4 Å². The van der Waals surface area contributed by atoms with E-state index in [-0.39, 0.29) is 11.9 Å². The van der Waals surface area contributed by atoms with Gasteiger partial charge in [0, 0.05) is 42.8 Å². The third-order valence-electron chi connectivity index (χ3n) is 6.09. The molecule has 1 aliphatic rings. The molecular formula is C25H28N8O. The van der Waals surface area contributed by atoms with Gasteiger partial charge in [-0.2, -0.15) is 0 Å². The normalized spacial score (nSPS) is 17.9. The van der Waals surface area contributed by atoms with E-state index in [1.54, 1.807) is 35.2 Å². The zero-order chi connectivity index (χ0) is 23.3. The van der Waals surface area contributed by atoms with Crippen LogP contribution in [0.2, 0.25) is 0 Å². The Kier molecular flexibility index (Phi) is 6.35. The summed E-state index contributed by atoms with van der Waals surface area (Å²) in [5, 5.41) is 14.6. The van der Waals surface area contributed by atoms with E-state index in [1.807, 2.05) is 24.3 Å². The maximum Gasteiger partial charge on any atom is 0.276 e. The molecule has 0 saturated heterocycles. The molecule has 0 bridgehead atoms. The van der Waals surface area contributed by atoms with Crippen LogP contribution in [0.4, 0.5) is 17.2 Å². The molecule has 1 saturated carbocycles. The Morgan fingerprint density at radius 3 is 2.59 bits per heavy atom. The van der Waals surface area contributed by atoms with Crippen LogP contribution in [0.5, 0.6) is 0 Å². The third-order valence-corrected chi connectivity index (χ3v) is 6.09. The fourth-order valence-corrected chi connectivity index (χ4v) is 4.22. The zero-order valence-corrected chi connectivity index (χ0v) is 18.8. The first-order chi connectivity index (χ1) is 16.7. The molecule has 4 aromatic rings. The molecule has 0 atom stereocenters. The van der Waals surface area contributed by atoms with Crippen molar-refractivity contribution in [3.63, 3.8) is 0 Å². The van der Waals surface area contributed by atoms with Crippen LogP contribution in [-0.2, 0) is 6.54 Å². The third kappa shape index (κ3) is 4.99. The van der Waals surface area contributed by atoms with Crippen LogP contribution in [0.3, 0.4) is 0 Å². The second-order valence-electron chi connectivity index (χ2n) is 8.61. The average molecular weight is 457 g/mol. The lowest BCUT2D eigenvalue weighted by molar-refractivity contribution is 0.102. The number of carbonyl (C=O) groups is 1. The molecule has 0 unspecified atom stereocenters. The molecule has 0 aliphatic heterocycles. The number of amides is 1. The van der Waals surface area contributed by atoms with E-state index in [4.69, 9.17) is 10.8 Å². The minimum atomic E-state index is -0.291. The van der Waals surface area contributed by atoms with Crippen LogP contribution < -0.4 is 21.7 Å². The molecule has 3 aromatic heterocycles. The number of benzene rings is 1. The lowest BCUT2D eigenvalue weighted by Gasteiger charge is -2.27. The monoisotopic (exact) mass is 456 g/mol. The van der Waals surface area contributed by atoms with Gasteiger partial charge >= 0.3 is 0 Å². The highest BCUT2D eigenvalue weighted by Gasteiger charge is 2.21. The van der Waals surface area contributed by atoms with Crippen LogP contribution in [-0.4, -0.2) is 37.6 Å². The van der Waals surface area contributed by atoms with Gasteiger partial charge in [-0.3, -0.25) is 9.78 Å². The van der Waals surface area contributed by atoms with Gasteiger partial charge in [-0.1, -0.05) is 30.3 Å². The number of anilines is 3. The minimum absolute atomic E-state index is 0.272. The highest BCUT2D eigenvalue weighted by molar-refractivity contribution is 6.03. The number of nitrogens with one attached hydrogen (secondary N) is 3. The number of hydrogen-bond donors (Lipinski definition) is 4. The molecule has 1 amide bonds. The van der Waals surface area contributed by atoms with Crippen LogP contribution in [0, 0.1) is 0 Å². The topological polar surface area (TPSA) is 122 Å². The van der Waals surface area contributed by atoms with E-state index in [0.29, 0.717) is 35.4 Å². The molecule has 1 aliphatic carbocycles. The highest BCUT2D eigenvalue weighted by Crippen LogP contribution is 2.25.